The van der Waals surface area contributed by atoms with Crippen molar-refractivity contribution in [3.8, 4) is 0 Å². The van der Waals surface area contributed by atoms with Gasteiger partial charge in [0.05, 0.1) is 13.1 Å². The van der Waals surface area contributed by atoms with Crippen LogP contribution in [0.15, 0.2) is 12.7 Å². The number of aliphatic carboxylic acids is 1. The molecular formula is C12H21N3O3. The first kappa shape index (κ1) is 14.7. The highest BCUT2D eigenvalue weighted by atomic mass is 16.4. The fourth-order valence-electron chi connectivity index (χ4n) is 1.98. The van der Waals surface area contributed by atoms with Crippen molar-refractivity contribution < 1.29 is 14.7 Å². The Bertz CT molecular complexity index is 307. The molecule has 0 unspecified atom stereocenters. The molecule has 1 saturated heterocycles. The minimum absolute atomic E-state index is 0.0124. The van der Waals surface area contributed by atoms with E-state index in [9.17, 15) is 9.59 Å². The molecule has 0 spiro atoms. The molecule has 2 N–H and O–H groups in total. The summed E-state index contributed by atoms with van der Waals surface area (Å²) in [4.78, 5) is 26.1. The van der Waals surface area contributed by atoms with Crippen molar-refractivity contribution in [1.29, 1.82) is 0 Å². The molecule has 0 bridgehead atoms. The predicted octanol–water partition coefficient (Wildman–Crippen LogP) is -0.619. The maximum atomic E-state index is 11.5. The molecule has 0 aliphatic carbocycles. The Kier molecular flexibility index (Phi) is 6.38. The first-order chi connectivity index (χ1) is 8.61. The highest BCUT2D eigenvalue weighted by molar-refractivity contribution is 5.78. The lowest BCUT2D eigenvalue weighted by Crippen LogP contribution is -2.39. The third kappa shape index (κ3) is 5.79. The molecule has 1 fully saturated rings. The molecule has 1 rings (SSSR count). The van der Waals surface area contributed by atoms with E-state index in [0.29, 0.717) is 19.6 Å². The Morgan fingerprint density at radius 3 is 2.33 bits per heavy atom. The third-order valence-corrected chi connectivity index (χ3v) is 2.85. The normalized spacial score (nSPS) is 18.0. The van der Waals surface area contributed by atoms with Gasteiger partial charge in [0, 0.05) is 26.2 Å². The number of nitrogens with one attached hydrogen (secondary N) is 1. The smallest absolute Gasteiger partial charge is 0.317 e. The molecule has 18 heavy (non-hydrogen) atoms. The Morgan fingerprint density at radius 2 is 1.78 bits per heavy atom. The van der Waals surface area contributed by atoms with Crippen LogP contribution in [0.4, 0.5) is 0 Å². The molecule has 0 aromatic heterocycles. The fraction of sp³-hybridized carbons (Fsp3) is 0.667. The quantitative estimate of drug-likeness (QED) is 0.619. The van der Waals surface area contributed by atoms with Crippen LogP contribution in [0.2, 0.25) is 0 Å². The number of hydrogen-bond acceptors (Lipinski definition) is 4. The maximum Gasteiger partial charge on any atom is 0.317 e. The molecule has 0 aromatic carbocycles. The zero-order chi connectivity index (χ0) is 13.4. The van der Waals surface area contributed by atoms with Gasteiger partial charge in [-0.05, 0) is 13.0 Å². The lowest BCUT2D eigenvalue weighted by atomic mass is 10.3. The van der Waals surface area contributed by atoms with Gasteiger partial charge in [-0.1, -0.05) is 6.08 Å². The number of rotatable bonds is 6. The molecule has 1 heterocycles. The average molecular weight is 255 g/mol. The predicted molar refractivity (Wildman–Crippen MR) is 68.3 cm³/mol. The van der Waals surface area contributed by atoms with Gasteiger partial charge in [0.1, 0.15) is 0 Å². The van der Waals surface area contributed by atoms with Gasteiger partial charge in [-0.3, -0.25) is 19.4 Å². The molecule has 6 nitrogen and oxygen atoms in total. The van der Waals surface area contributed by atoms with E-state index in [1.165, 1.54) is 0 Å². The van der Waals surface area contributed by atoms with Gasteiger partial charge in [-0.15, -0.1) is 6.58 Å². The number of carboxylic acid groups (broad SMARTS) is 1. The maximum absolute atomic E-state index is 11.5. The number of nitrogens with zero attached hydrogens (tertiary/aromatic N) is 2. The number of carboxylic acids is 1. The summed E-state index contributed by atoms with van der Waals surface area (Å²) in [7, 11) is 0. The van der Waals surface area contributed by atoms with Crippen LogP contribution in [0.1, 0.15) is 6.42 Å². The summed E-state index contributed by atoms with van der Waals surface area (Å²) in [5.41, 5.74) is 0. The Labute approximate surface area is 107 Å². The van der Waals surface area contributed by atoms with Crippen molar-refractivity contribution in [2.75, 3.05) is 45.8 Å². The van der Waals surface area contributed by atoms with E-state index in [0.717, 1.165) is 26.1 Å². The van der Waals surface area contributed by atoms with E-state index in [1.54, 1.807) is 6.08 Å². The summed E-state index contributed by atoms with van der Waals surface area (Å²) >= 11 is 0. The van der Waals surface area contributed by atoms with Gasteiger partial charge < -0.3 is 10.4 Å². The molecular weight excluding hydrogens is 234 g/mol. The van der Waals surface area contributed by atoms with E-state index in [2.05, 4.69) is 16.8 Å². The third-order valence-electron chi connectivity index (χ3n) is 2.85. The van der Waals surface area contributed by atoms with Gasteiger partial charge in [0.25, 0.3) is 0 Å². The van der Waals surface area contributed by atoms with Crippen LogP contribution in [-0.2, 0) is 9.59 Å². The highest BCUT2D eigenvalue weighted by Gasteiger charge is 2.17. The van der Waals surface area contributed by atoms with Crippen LogP contribution in [0.3, 0.4) is 0 Å². The van der Waals surface area contributed by atoms with Gasteiger partial charge in [-0.25, -0.2) is 0 Å². The molecule has 0 saturated carbocycles. The van der Waals surface area contributed by atoms with Crippen molar-refractivity contribution in [3.63, 3.8) is 0 Å². The second kappa shape index (κ2) is 7.84. The highest BCUT2D eigenvalue weighted by Crippen LogP contribution is 2.02. The van der Waals surface area contributed by atoms with Crippen molar-refractivity contribution in [3.05, 3.63) is 12.7 Å². The fourth-order valence-corrected chi connectivity index (χ4v) is 1.98. The Hall–Kier alpha value is -1.40. The summed E-state index contributed by atoms with van der Waals surface area (Å²) in [6.45, 7) is 7.51. The van der Waals surface area contributed by atoms with Gasteiger partial charge in [0.15, 0.2) is 0 Å². The molecule has 6 heteroatoms. The minimum atomic E-state index is -0.799. The largest absolute Gasteiger partial charge is 0.480 e. The first-order valence-electron chi connectivity index (χ1n) is 6.16. The minimum Gasteiger partial charge on any atom is -0.480 e. The van der Waals surface area contributed by atoms with Crippen molar-refractivity contribution >= 4 is 11.9 Å². The van der Waals surface area contributed by atoms with Crippen LogP contribution in [0, 0.1) is 0 Å². The van der Waals surface area contributed by atoms with Crippen molar-refractivity contribution in [1.82, 2.24) is 15.1 Å². The zero-order valence-electron chi connectivity index (χ0n) is 10.6. The average Bonchev–Trinajstić information content (AvgIpc) is 2.52. The van der Waals surface area contributed by atoms with Gasteiger partial charge >= 0.3 is 5.97 Å². The van der Waals surface area contributed by atoms with Gasteiger partial charge in [0.2, 0.25) is 5.91 Å². The monoisotopic (exact) mass is 255 g/mol. The summed E-state index contributed by atoms with van der Waals surface area (Å²) in [5.74, 6) is -0.811. The number of amides is 1. The lowest BCUT2D eigenvalue weighted by molar-refractivity contribution is -0.138. The second-order valence-electron chi connectivity index (χ2n) is 4.39. The van der Waals surface area contributed by atoms with Crippen molar-refractivity contribution in [2.24, 2.45) is 0 Å². The number of carbonyl (C=O) groups is 2. The summed E-state index contributed by atoms with van der Waals surface area (Å²) in [5, 5.41) is 11.5. The number of hydrogen-bond donors (Lipinski definition) is 2. The van der Waals surface area contributed by atoms with E-state index >= 15 is 0 Å². The van der Waals surface area contributed by atoms with E-state index in [-0.39, 0.29) is 12.5 Å². The summed E-state index contributed by atoms with van der Waals surface area (Å²) < 4.78 is 0. The first-order valence-corrected chi connectivity index (χ1v) is 6.16. The topological polar surface area (TPSA) is 72.9 Å². The summed E-state index contributed by atoms with van der Waals surface area (Å²) in [6.07, 6.45) is 2.54. The molecule has 1 amide bonds. The Balaban J connectivity index is 2.30. The van der Waals surface area contributed by atoms with Crippen LogP contribution >= 0.6 is 0 Å². The van der Waals surface area contributed by atoms with Crippen molar-refractivity contribution in [2.45, 2.75) is 6.42 Å². The second-order valence-corrected chi connectivity index (χ2v) is 4.39. The lowest BCUT2D eigenvalue weighted by Gasteiger charge is -2.20. The Morgan fingerprint density at radius 1 is 1.17 bits per heavy atom. The van der Waals surface area contributed by atoms with Crippen LogP contribution < -0.4 is 5.32 Å². The molecule has 102 valence electrons. The van der Waals surface area contributed by atoms with E-state index < -0.39 is 5.97 Å². The SMILES string of the molecule is C=CCNC(=O)CN1CCCN(CC(=O)O)CC1. The van der Waals surface area contributed by atoms with Gasteiger partial charge in [-0.2, -0.15) is 0 Å². The number of carbonyl (C=O) groups excluding carboxylic acids is 1. The molecule has 0 atom stereocenters. The molecule has 0 radical (unpaired) electrons. The molecule has 1 aliphatic rings. The van der Waals surface area contributed by atoms with Crippen LogP contribution in [0.5, 0.6) is 0 Å². The van der Waals surface area contributed by atoms with Crippen LogP contribution in [-0.4, -0.2) is 72.6 Å². The van der Waals surface area contributed by atoms with E-state index in [1.807, 2.05) is 4.90 Å². The van der Waals surface area contributed by atoms with Crippen LogP contribution in [0.25, 0.3) is 0 Å². The summed E-state index contributed by atoms with van der Waals surface area (Å²) in [6, 6.07) is 0. The molecule has 0 aromatic rings. The zero-order valence-corrected chi connectivity index (χ0v) is 10.6. The van der Waals surface area contributed by atoms with E-state index in [4.69, 9.17) is 5.11 Å². The molecule has 1 aliphatic heterocycles. The standard InChI is InChI=1S/C12H21N3O3/c1-2-4-13-11(16)9-14-5-3-6-15(8-7-14)10-12(17)18/h2H,1,3-10H2,(H,13,16)(H,17,18).